The van der Waals surface area contributed by atoms with Crippen molar-refractivity contribution in [1.82, 2.24) is 5.32 Å². The van der Waals surface area contributed by atoms with Gasteiger partial charge in [0.15, 0.2) is 0 Å². The highest BCUT2D eigenvalue weighted by Crippen LogP contribution is 2.52. The summed E-state index contributed by atoms with van der Waals surface area (Å²) in [6, 6.07) is 10.2. The number of amides is 2. The van der Waals surface area contributed by atoms with Gasteiger partial charge in [-0.25, -0.2) is 4.79 Å². The van der Waals surface area contributed by atoms with Gasteiger partial charge in [-0.1, -0.05) is 42.2 Å². The van der Waals surface area contributed by atoms with Crippen LogP contribution in [0.5, 0.6) is 11.5 Å². The molecule has 2 amide bonds. The number of esters is 1. The van der Waals surface area contributed by atoms with E-state index >= 15 is 0 Å². The van der Waals surface area contributed by atoms with Crippen LogP contribution in [-0.4, -0.2) is 34.8 Å². The molecule has 0 saturated carbocycles. The van der Waals surface area contributed by atoms with Gasteiger partial charge in [-0.15, -0.1) is 0 Å². The number of ether oxygens (including phenoxy) is 2. The van der Waals surface area contributed by atoms with Gasteiger partial charge in [0.1, 0.15) is 21.4 Å². The fourth-order valence-electron chi connectivity index (χ4n) is 4.62. The van der Waals surface area contributed by atoms with Crippen LogP contribution in [0.2, 0.25) is 0 Å². The molecule has 1 N–H and O–H groups in total. The molecule has 1 fully saturated rings. The SMILES string of the molecule is COc1ccccc1C(=O)Oc1cc2c3c(c1)C(=C1SC(=S)NC1=O)C(=O)N3C(C)(C)C=C2C. The van der Waals surface area contributed by atoms with Crippen LogP contribution in [0.4, 0.5) is 5.69 Å². The number of thiocarbonyl (C=S) groups is 1. The molecule has 172 valence electrons. The highest BCUT2D eigenvalue weighted by Gasteiger charge is 2.47. The van der Waals surface area contributed by atoms with Gasteiger partial charge in [0.2, 0.25) is 0 Å². The van der Waals surface area contributed by atoms with Crippen molar-refractivity contribution in [2.24, 2.45) is 0 Å². The Morgan fingerprint density at radius 3 is 2.53 bits per heavy atom. The van der Waals surface area contributed by atoms with Gasteiger partial charge in [0, 0.05) is 11.1 Å². The predicted molar refractivity (Wildman–Crippen MR) is 135 cm³/mol. The Kier molecular flexibility index (Phi) is 5.14. The van der Waals surface area contributed by atoms with Gasteiger partial charge in [0.25, 0.3) is 11.8 Å². The van der Waals surface area contributed by atoms with Gasteiger partial charge in [-0.05, 0) is 50.6 Å². The number of thioether (sulfide) groups is 1. The number of nitrogens with one attached hydrogen (secondary N) is 1. The molecule has 2 aromatic rings. The number of benzene rings is 2. The van der Waals surface area contributed by atoms with Crippen LogP contribution in [0.25, 0.3) is 11.1 Å². The summed E-state index contributed by atoms with van der Waals surface area (Å²) < 4.78 is 11.3. The van der Waals surface area contributed by atoms with E-state index in [1.165, 1.54) is 7.11 Å². The maximum atomic E-state index is 13.7. The lowest BCUT2D eigenvalue weighted by atomic mass is 9.89. The number of allylic oxidation sites excluding steroid dienone is 1. The minimum atomic E-state index is -0.610. The highest BCUT2D eigenvalue weighted by molar-refractivity contribution is 8.27. The molecule has 1 saturated heterocycles. The van der Waals surface area contributed by atoms with E-state index in [-0.39, 0.29) is 27.7 Å². The molecule has 0 unspecified atom stereocenters. The second-order valence-electron chi connectivity index (χ2n) is 8.63. The molecule has 3 aliphatic heterocycles. The van der Waals surface area contributed by atoms with Crippen LogP contribution in [0.15, 0.2) is 47.4 Å². The first-order valence-electron chi connectivity index (χ1n) is 10.5. The normalized spacial score (nSPS) is 20.2. The van der Waals surface area contributed by atoms with Gasteiger partial charge in [0.05, 0.1) is 28.8 Å². The lowest BCUT2D eigenvalue weighted by Gasteiger charge is -2.38. The molecule has 0 aromatic heterocycles. The van der Waals surface area contributed by atoms with E-state index in [1.54, 1.807) is 41.3 Å². The molecule has 9 heteroatoms. The molecular formula is C25H20N2O5S2. The summed E-state index contributed by atoms with van der Waals surface area (Å²) in [5.74, 6) is -0.640. The largest absolute Gasteiger partial charge is 0.496 e. The molecule has 7 nitrogen and oxygen atoms in total. The average molecular weight is 493 g/mol. The summed E-state index contributed by atoms with van der Waals surface area (Å²) >= 11 is 6.21. The summed E-state index contributed by atoms with van der Waals surface area (Å²) in [6.07, 6.45) is 1.99. The third kappa shape index (κ3) is 3.35. The van der Waals surface area contributed by atoms with E-state index < -0.39 is 17.4 Å². The van der Waals surface area contributed by atoms with Crippen molar-refractivity contribution in [2.75, 3.05) is 12.0 Å². The first kappa shape index (κ1) is 22.4. The molecule has 34 heavy (non-hydrogen) atoms. The van der Waals surface area contributed by atoms with E-state index in [0.717, 1.165) is 22.9 Å². The van der Waals surface area contributed by atoms with Crippen LogP contribution in [0, 0.1) is 0 Å². The van der Waals surface area contributed by atoms with Crippen molar-refractivity contribution < 1.29 is 23.9 Å². The van der Waals surface area contributed by atoms with Gasteiger partial charge >= 0.3 is 5.97 Å². The molecule has 3 aliphatic rings. The van der Waals surface area contributed by atoms with Crippen molar-refractivity contribution in [3.05, 3.63) is 64.1 Å². The molecule has 2 aromatic carbocycles. The number of carbonyl (C=O) groups is 3. The molecular weight excluding hydrogens is 472 g/mol. The maximum Gasteiger partial charge on any atom is 0.347 e. The zero-order valence-corrected chi connectivity index (χ0v) is 20.5. The Morgan fingerprint density at radius 1 is 1.15 bits per heavy atom. The van der Waals surface area contributed by atoms with E-state index in [1.807, 2.05) is 26.8 Å². The number of hydrogen-bond donors (Lipinski definition) is 1. The van der Waals surface area contributed by atoms with Crippen molar-refractivity contribution in [3.63, 3.8) is 0 Å². The first-order valence-corrected chi connectivity index (χ1v) is 11.7. The number of rotatable bonds is 3. The van der Waals surface area contributed by atoms with Crippen molar-refractivity contribution in [2.45, 2.75) is 26.3 Å². The number of carbonyl (C=O) groups excluding carboxylic acids is 3. The van der Waals surface area contributed by atoms with Crippen molar-refractivity contribution >= 4 is 62.9 Å². The highest BCUT2D eigenvalue weighted by atomic mass is 32.2. The zero-order chi connectivity index (χ0) is 24.4. The van der Waals surface area contributed by atoms with Crippen molar-refractivity contribution in [1.29, 1.82) is 0 Å². The number of hydrogen-bond acceptors (Lipinski definition) is 7. The van der Waals surface area contributed by atoms with Crippen LogP contribution in [-0.2, 0) is 9.59 Å². The second-order valence-corrected chi connectivity index (χ2v) is 10.3. The van der Waals surface area contributed by atoms with Crippen LogP contribution in [0.3, 0.4) is 0 Å². The number of methoxy groups -OCH3 is 1. The van der Waals surface area contributed by atoms with E-state index in [0.29, 0.717) is 21.3 Å². The van der Waals surface area contributed by atoms with Crippen molar-refractivity contribution in [3.8, 4) is 11.5 Å². The lowest BCUT2D eigenvalue weighted by Crippen LogP contribution is -2.46. The first-order chi connectivity index (χ1) is 16.1. The van der Waals surface area contributed by atoms with Gasteiger partial charge in [-0.3, -0.25) is 14.5 Å². The molecule has 0 radical (unpaired) electrons. The maximum absolute atomic E-state index is 13.7. The predicted octanol–water partition coefficient (Wildman–Crippen LogP) is 4.32. The smallest absolute Gasteiger partial charge is 0.347 e. The fourth-order valence-corrected chi connectivity index (χ4v) is 5.74. The summed E-state index contributed by atoms with van der Waals surface area (Å²) in [5, 5.41) is 2.58. The minimum absolute atomic E-state index is 0.244. The van der Waals surface area contributed by atoms with Gasteiger partial charge < -0.3 is 14.8 Å². The Labute approximate surface area is 205 Å². The summed E-state index contributed by atoms with van der Waals surface area (Å²) in [5.41, 5.74) is 2.85. The molecule has 0 bridgehead atoms. The Balaban J connectivity index is 1.68. The van der Waals surface area contributed by atoms with Crippen LogP contribution < -0.4 is 19.7 Å². The van der Waals surface area contributed by atoms with E-state index in [2.05, 4.69) is 5.32 Å². The molecule has 0 spiro atoms. The summed E-state index contributed by atoms with van der Waals surface area (Å²) in [6.45, 7) is 5.83. The number of nitrogens with zero attached hydrogens (tertiary/aromatic N) is 1. The quantitative estimate of drug-likeness (QED) is 0.296. The lowest BCUT2D eigenvalue weighted by molar-refractivity contribution is -0.116. The molecule has 0 aliphatic carbocycles. The van der Waals surface area contributed by atoms with Crippen LogP contribution >= 0.6 is 24.0 Å². The van der Waals surface area contributed by atoms with Crippen LogP contribution in [0.1, 0.15) is 42.3 Å². The standard InChI is InChI=1S/C25H20N2O5S2/c1-12-11-25(2,3)27-19-15(12)9-13(32-23(30)14-7-5-6-8-17(14)31-4)10-16(19)18(22(27)29)20-21(28)26-24(33)34-20/h5-11H,1-4H3,(H,26,28,33). The third-order valence-corrected chi connectivity index (χ3v) is 7.18. The summed E-state index contributed by atoms with van der Waals surface area (Å²) in [4.78, 5) is 41.2. The third-order valence-electron chi connectivity index (χ3n) is 5.95. The fraction of sp³-hybridized carbons (Fsp3) is 0.200. The Hall–Kier alpha value is -3.43. The molecule has 5 rings (SSSR count). The van der Waals surface area contributed by atoms with E-state index in [9.17, 15) is 14.4 Å². The number of anilines is 1. The Morgan fingerprint density at radius 2 is 1.85 bits per heavy atom. The number of para-hydroxylation sites is 1. The second kappa shape index (κ2) is 7.82. The molecule has 3 heterocycles. The topological polar surface area (TPSA) is 84.9 Å². The zero-order valence-electron chi connectivity index (χ0n) is 18.8. The Bertz CT molecular complexity index is 1390. The average Bonchev–Trinajstić information content (AvgIpc) is 3.26. The minimum Gasteiger partial charge on any atom is -0.496 e. The monoisotopic (exact) mass is 492 g/mol. The van der Waals surface area contributed by atoms with E-state index in [4.69, 9.17) is 21.7 Å². The summed E-state index contributed by atoms with van der Waals surface area (Å²) in [7, 11) is 1.48. The van der Waals surface area contributed by atoms with Gasteiger partial charge in [-0.2, -0.15) is 0 Å². The molecule has 0 atom stereocenters.